The molecule has 0 unspecified atom stereocenters. The van der Waals surface area contributed by atoms with Gasteiger partial charge in [-0.3, -0.25) is 0 Å². The fourth-order valence-corrected chi connectivity index (χ4v) is 0.236. The molecule has 0 saturated heterocycles. The zero-order valence-electron chi connectivity index (χ0n) is 3.72. The third kappa shape index (κ3) is 2.70. The summed E-state index contributed by atoms with van der Waals surface area (Å²) in [5.41, 5.74) is 0. The molecule has 25 valence electrons. The minimum absolute atomic E-state index is 0.256. The fraction of sp³-hybridized carbons (Fsp3) is 1.00. The Morgan fingerprint density at radius 3 is 2.17 bits per heavy atom. The van der Waals surface area contributed by atoms with Crippen LogP contribution in [0, 0.1) is 0 Å². The molecular weight excluding hydrogens is 87.3 g/mol. The first-order valence-corrected chi connectivity index (χ1v) is 3.03. The molecule has 0 heterocycles. The molecule has 0 aliphatic carbocycles. The van der Waals surface area contributed by atoms with Crippen molar-refractivity contribution in [3.8, 4) is 0 Å². The Morgan fingerprint density at radius 1 is 1.67 bits per heavy atom. The maximum atomic E-state index is 5.26. The van der Waals surface area contributed by atoms with Crippen LogP contribution < -0.4 is 0 Å². The van der Waals surface area contributed by atoms with Crippen LogP contribution in [0.4, 0.5) is 0 Å². The molecular formula is CH3B4S. The van der Waals surface area contributed by atoms with Gasteiger partial charge in [-0.05, 0) is 0 Å². The van der Waals surface area contributed by atoms with E-state index in [9.17, 15) is 0 Å². The first-order valence-electron chi connectivity index (χ1n) is 1.62. The van der Waals surface area contributed by atoms with E-state index in [1.165, 1.54) is 6.08 Å². The summed E-state index contributed by atoms with van der Waals surface area (Å²) in [6, 6.07) is 0. The second kappa shape index (κ2) is 3.66. The van der Waals surface area contributed by atoms with Gasteiger partial charge in [-0.2, -0.15) is 0 Å². The Labute approximate surface area is 43.0 Å². The van der Waals surface area contributed by atoms with Crippen molar-refractivity contribution < 1.29 is 0 Å². The summed E-state index contributed by atoms with van der Waals surface area (Å²) in [6.07, 6.45) is 3.32. The van der Waals surface area contributed by atoms with Crippen molar-refractivity contribution in [2.75, 3.05) is 0 Å². The van der Waals surface area contributed by atoms with E-state index in [1.54, 1.807) is 0 Å². The molecule has 0 amide bonds. The Balaban J connectivity index is 4.03. The Kier molecular flexibility index (Phi) is 3.96. The summed E-state index contributed by atoms with van der Waals surface area (Å²) >= 11 is 0. The predicted octanol–water partition coefficient (Wildman–Crippen LogP) is -0.291. The second-order valence-electron chi connectivity index (χ2n) is 0.780. The van der Waals surface area contributed by atoms with Gasteiger partial charge in [-0.15, -0.1) is 0 Å². The summed E-state index contributed by atoms with van der Waals surface area (Å²) in [7, 11) is 4.76. The van der Waals surface area contributed by atoms with Crippen LogP contribution >= 0.6 is 9.41 Å². The van der Waals surface area contributed by atoms with Crippen molar-refractivity contribution in [3.63, 3.8) is 0 Å². The Bertz CT molecular complexity index is 149. The molecule has 0 atom stereocenters. The summed E-state index contributed by atoms with van der Waals surface area (Å²) in [5.74, 6) is 0. The van der Waals surface area contributed by atoms with Gasteiger partial charge in [0.1, 0.15) is 0 Å². The van der Waals surface area contributed by atoms with Gasteiger partial charge in [-0.25, -0.2) is 0 Å². The number of hydrogen-bond donors (Lipinski definition) is 0. The number of hydrogen-bond acceptors (Lipinski definition) is 0. The van der Waals surface area contributed by atoms with Gasteiger partial charge in [0.25, 0.3) is 0 Å². The van der Waals surface area contributed by atoms with E-state index in [2.05, 4.69) is 0 Å². The van der Waals surface area contributed by atoms with Crippen LogP contribution in [0.15, 0.2) is 0 Å². The quantitative estimate of drug-likeness (QED) is 0.359. The van der Waals surface area contributed by atoms with E-state index in [0.29, 0.717) is 0 Å². The monoisotopic (exact) mass is 91.0 g/mol. The maximum absolute atomic E-state index is 5.26. The third-order valence-corrected chi connectivity index (χ3v) is 1.29. The van der Waals surface area contributed by atoms with E-state index in [1.807, 2.05) is 13.0 Å². The SMILES string of the molecule is [B]=BS(#B)=BC. The molecule has 0 N–H and O–H groups in total. The van der Waals surface area contributed by atoms with Crippen molar-refractivity contribution in [2.24, 2.45) is 0 Å². The molecule has 0 aromatic carbocycles. The molecule has 0 fully saturated rings. The van der Waals surface area contributed by atoms with Crippen LogP contribution in [0.1, 0.15) is 0 Å². The molecule has 0 aliphatic rings. The Morgan fingerprint density at radius 2 is 2.17 bits per heavy atom. The van der Waals surface area contributed by atoms with Gasteiger partial charge < -0.3 is 0 Å². The average molecular weight is 90.3 g/mol. The van der Waals surface area contributed by atoms with Gasteiger partial charge in [-0.1, -0.05) is 0 Å². The molecule has 6 heavy (non-hydrogen) atoms. The van der Waals surface area contributed by atoms with E-state index in [4.69, 9.17) is 13.9 Å². The summed E-state index contributed by atoms with van der Waals surface area (Å²) in [6.45, 7) is 7.15. The molecule has 0 spiro atoms. The minimum atomic E-state index is -0.256. The predicted molar refractivity (Wildman–Crippen MR) is 36.5 cm³/mol. The molecule has 1 radical (unpaired) electrons. The fourth-order valence-electron chi connectivity index (χ4n) is 0.0786. The third-order valence-electron chi connectivity index (χ3n) is 0.429. The van der Waals surface area contributed by atoms with Gasteiger partial charge in [0.05, 0.1) is 0 Å². The van der Waals surface area contributed by atoms with Gasteiger partial charge in [0.15, 0.2) is 0 Å². The molecule has 0 aromatic rings. The van der Waals surface area contributed by atoms with Gasteiger partial charge in [0.2, 0.25) is 0 Å². The topological polar surface area (TPSA) is 0 Å². The van der Waals surface area contributed by atoms with E-state index >= 15 is 0 Å². The zero-order valence-corrected chi connectivity index (χ0v) is 4.53. The van der Waals surface area contributed by atoms with Crippen LogP contribution in [-0.2, 0) is 0 Å². The van der Waals surface area contributed by atoms with Crippen molar-refractivity contribution in [3.05, 3.63) is 0 Å². The first kappa shape index (κ1) is 6.48. The van der Waals surface area contributed by atoms with Crippen LogP contribution in [0.3, 0.4) is 0 Å². The standard InChI is InChI=1S/CH3B4S/c1-4-6(3)5-2/h1H3. The van der Waals surface area contributed by atoms with E-state index in [0.717, 1.165) is 0 Å². The zero-order chi connectivity index (χ0) is 4.99. The second-order valence-corrected chi connectivity index (χ2v) is 2.34. The normalized spacial score (nSPS) is 9.33. The van der Waals surface area contributed by atoms with Crippen molar-refractivity contribution in [1.82, 2.24) is 0 Å². The first-order chi connectivity index (χ1) is 2.81. The molecule has 0 rings (SSSR count). The molecule has 5 heteroatoms. The molecule has 0 nitrogen and oxygen atoms in total. The van der Waals surface area contributed by atoms with Crippen LogP contribution in [-0.4, -0.2) is 26.1 Å². The molecule has 0 bridgehead atoms. The van der Waals surface area contributed by atoms with Crippen LogP contribution in [0.25, 0.3) is 0 Å². The van der Waals surface area contributed by atoms with E-state index in [-0.39, 0.29) is 9.41 Å². The van der Waals surface area contributed by atoms with Crippen molar-refractivity contribution >= 4 is 35.5 Å². The average Bonchev–Trinajstić information content (AvgIpc) is 1.65. The van der Waals surface area contributed by atoms with Crippen LogP contribution in [0.2, 0.25) is 6.82 Å². The van der Waals surface area contributed by atoms with Crippen LogP contribution in [0.5, 0.6) is 0 Å². The van der Waals surface area contributed by atoms with Crippen molar-refractivity contribution in [1.29, 1.82) is 0 Å². The molecule has 0 aliphatic heterocycles. The number of rotatable bonds is 0. The van der Waals surface area contributed by atoms with Crippen molar-refractivity contribution in [2.45, 2.75) is 6.82 Å². The summed E-state index contributed by atoms with van der Waals surface area (Å²) in [4.78, 5) is 0. The van der Waals surface area contributed by atoms with E-state index < -0.39 is 0 Å². The van der Waals surface area contributed by atoms with Gasteiger partial charge >= 0.3 is 42.4 Å². The molecule has 0 saturated carbocycles. The summed E-state index contributed by atoms with van der Waals surface area (Å²) in [5, 5.41) is 0. The Hall–Kier alpha value is 0.480. The molecule has 0 aromatic heterocycles. The summed E-state index contributed by atoms with van der Waals surface area (Å²) < 4.78 is 0. The van der Waals surface area contributed by atoms with Gasteiger partial charge in [0, 0.05) is 0 Å².